The number of furan rings is 1. The maximum absolute atomic E-state index is 12.9. The normalized spacial score (nSPS) is 15.2. The van der Waals surface area contributed by atoms with Gasteiger partial charge < -0.3 is 9.52 Å². The van der Waals surface area contributed by atoms with E-state index in [1.54, 1.807) is 55.5 Å². The van der Waals surface area contributed by atoms with Gasteiger partial charge in [-0.3, -0.25) is 14.9 Å². The van der Waals surface area contributed by atoms with Crippen molar-refractivity contribution in [1.29, 1.82) is 0 Å². The van der Waals surface area contributed by atoms with Crippen LogP contribution in [0.2, 0.25) is 0 Å². The Hall–Kier alpha value is -4.46. The van der Waals surface area contributed by atoms with Crippen LogP contribution in [0.4, 0.5) is 10.5 Å². The van der Waals surface area contributed by atoms with Gasteiger partial charge >= 0.3 is 12.0 Å². The first-order valence-corrected chi connectivity index (χ1v) is 9.67. The molecule has 3 aromatic rings. The Labute approximate surface area is 182 Å². The number of anilines is 1. The zero-order valence-electron chi connectivity index (χ0n) is 17.2. The molecular weight excluding hydrogens is 412 g/mol. The molecular formula is C24H18N2O6. The van der Waals surface area contributed by atoms with Crippen LogP contribution in [0.5, 0.6) is 0 Å². The number of hydrogen-bond donors (Lipinski definition) is 2. The highest BCUT2D eigenvalue weighted by Crippen LogP contribution is 2.27. The number of barbiturate groups is 1. The lowest BCUT2D eigenvalue weighted by atomic mass is 10.0. The quantitative estimate of drug-likeness (QED) is 0.479. The molecule has 4 amide bonds. The first kappa shape index (κ1) is 20.8. The second-order valence-corrected chi connectivity index (χ2v) is 7.33. The van der Waals surface area contributed by atoms with Gasteiger partial charge in [0.05, 0.1) is 11.3 Å². The monoisotopic (exact) mass is 430 g/mol. The number of benzene rings is 2. The lowest BCUT2D eigenvalue weighted by Crippen LogP contribution is -2.54. The predicted octanol–water partition coefficient (Wildman–Crippen LogP) is 3.93. The van der Waals surface area contributed by atoms with E-state index in [1.807, 2.05) is 6.92 Å². The SMILES string of the molecule is Cc1ccc(N2C(=O)NC(=O)/C(=C\c3ccc(-c4ccc(C)c(C(=O)O)c4)o3)C2=O)cc1. The van der Waals surface area contributed by atoms with E-state index >= 15 is 0 Å². The highest BCUT2D eigenvalue weighted by atomic mass is 16.4. The van der Waals surface area contributed by atoms with Crippen LogP contribution >= 0.6 is 0 Å². The minimum atomic E-state index is -1.05. The average Bonchev–Trinajstić information content (AvgIpc) is 3.21. The summed E-state index contributed by atoms with van der Waals surface area (Å²) in [5, 5.41) is 11.5. The van der Waals surface area contributed by atoms with Gasteiger partial charge in [-0.05, 0) is 55.8 Å². The van der Waals surface area contributed by atoms with E-state index in [-0.39, 0.29) is 16.9 Å². The number of rotatable bonds is 4. The van der Waals surface area contributed by atoms with Gasteiger partial charge in [-0.1, -0.05) is 29.8 Å². The van der Waals surface area contributed by atoms with Crippen LogP contribution in [0, 0.1) is 13.8 Å². The van der Waals surface area contributed by atoms with Gasteiger partial charge in [0, 0.05) is 5.56 Å². The van der Waals surface area contributed by atoms with Crippen LogP contribution in [0.15, 0.2) is 64.6 Å². The minimum absolute atomic E-state index is 0.146. The van der Waals surface area contributed by atoms with Crippen molar-refractivity contribution < 1.29 is 28.7 Å². The smallest absolute Gasteiger partial charge is 0.335 e. The second kappa shape index (κ2) is 7.99. The number of carbonyl (C=O) groups excluding carboxylic acids is 3. The molecule has 0 aliphatic carbocycles. The lowest BCUT2D eigenvalue weighted by molar-refractivity contribution is -0.122. The van der Waals surface area contributed by atoms with Crippen LogP contribution in [-0.4, -0.2) is 28.9 Å². The number of carboxylic acid groups (broad SMARTS) is 1. The molecule has 8 nitrogen and oxygen atoms in total. The largest absolute Gasteiger partial charge is 0.478 e. The molecule has 0 spiro atoms. The molecule has 8 heteroatoms. The Kier molecular flexibility index (Phi) is 5.19. The molecule has 1 aliphatic heterocycles. The maximum Gasteiger partial charge on any atom is 0.335 e. The van der Waals surface area contributed by atoms with Crippen molar-refractivity contribution in [1.82, 2.24) is 5.32 Å². The molecule has 1 saturated heterocycles. The maximum atomic E-state index is 12.9. The van der Waals surface area contributed by atoms with Crippen LogP contribution in [-0.2, 0) is 9.59 Å². The molecule has 0 bridgehead atoms. The number of nitrogens with one attached hydrogen (secondary N) is 1. The van der Waals surface area contributed by atoms with E-state index in [4.69, 9.17) is 4.42 Å². The molecule has 2 aromatic carbocycles. The van der Waals surface area contributed by atoms with E-state index < -0.39 is 23.8 Å². The number of nitrogens with zero attached hydrogens (tertiary/aromatic N) is 1. The molecule has 0 saturated carbocycles. The summed E-state index contributed by atoms with van der Waals surface area (Å²) in [6, 6.07) is 13.9. The minimum Gasteiger partial charge on any atom is -0.478 e. The Morgan fingerprint density at radius 3 is 2.41 bits per heavy atom. The Morgan fingerprint density at radius 1 is 1.00 bits per heavy atom. The molecule has 1 aromatic heterocycles. The average molecular weight is 430 g/mol. The first-order valence-electron chi connectivity index (χ1n) is 9.67. The molecule has 0 atom stereocenters. The molecule has 32 heavy (non-hydrogen) atoms. The summed E-state index contributed by atoms with van der Waals surface area (Å²) in [6.45, 7) is 3.57. The molecule has 4 rings (SSSR count). The van der Waals surface area contributed by atoms with Gasteiger partial charge in [-0.25, -0.2) is 14.5 Å². The number of urea groups is 1. The van der Waals surface area contributed by atoms with Crippen LogP contribution in [0.1, 0.15) is 27.2 Å². The summed E-state index contributed by atoms with van der Waals surface area (Å²) in [4.78, 5) is 49.8. The van der Waals surface area contributed by atoms with Crippen molar-refractivity contribution in [2.24, 2.45) is 0 Å². The van der Waals surface area contributed by atoms with Crippen LogP contribution in [0.3, 0.4) is 0 Å². The number of aryl methyl sites for hydroxylation is 2. The third-order valence-corrected chi connectivity index (χ3v) is 5.06. The zero-order chi connectivity index (χ0) is 23.0. The molecule has 0 radical (unpaired) electrons. The van der Waals surface area contributed by atoms with E-state index in [2.05, 4.69) is 5.32 Å². The Bertz CT molecular complexity index is 1300. The Morgan fingerprint density at radius 2 is 1.72 bits per heavy atom. The van der Waals surface area contributed by atoms with Gasteiger partial charge in [-0.2, -0.15) is 0 Å². The number of carboxylic acids is 1. The van der Waals surface area contributed by atoms with Gasteiger partial charge in [-0.15, -0.1) is 0 Å². The number of aromatic carboxylic acids is 1. The van der Waals surface area contributed by atoms with Crippen LogP contribution < -0.4 is 10.2 Å². The molecule has 0 unspecified atom stereocenters. The standard InChI is InChI=1S/C24H18N2O6/c1-13-3-7-16(8-4-13)26-22(28)19(21(27)25-24(26)31)12-17-9-10-20(32-17)15-6-5-14(2)18(11-15)23(29)30/h3-12H,1-2H3,(H,29,30)(H,25,27,31)/b19-12+. The summed E-state index contributed by atoms with van der Waals surface area (Å²) in [6.07, 6.45) is 1.25. The lowest BCUT2D eigenvalue weighted by Gasteiger charge is -2.26. The molecule has 2 heterocycles. The van der Waals surface area contributed by atoms with E-state index in [1.165, 1.54) is 12.1 Å². The van der Waals surface area contributed by atoms with Gasteiger partial charge in [0.2, 0.25) is 0 Å². The third-order valence-electron chi connectivity index (χ3n) is 5.06. The molecule has 1 fully saturated rings. The van der Waals surface area contributed by atoms with Gasteiger partial charge in [0.25, 0.3) is 11.8 Å². The summed E-state index contributed by atoms with van der Waals surface area (Å²) < 4.78 is 5.72. The van der Waals surface area contributed by atoms with E-state index in [0.717, 1.165) is 10.5 Å². The van der Waals surface area contributed by atoms with Crippen LogP contribution in [0.25, 0.3) is 17.4 Å². The van der Waals surface area contributed by atoms with Crippen molar-refractivity contribution in [3.63, 3.8) is 0 Å². The van der Waals surface area contributed by atoms with Crippen molar-refractivity contribution >= 4 is 35.6 Å². The topological polar surface area (TPSA) is 117 Å². The fourth-order valence-corrected chi connectivity index (χ4v) is 3.32. The summed E-state index contributed by atoms with van der Waals surface area (Å²) >= 11 is 0. The summed E-state index contributed by atoms with van der Waals surface area (Å²) in [5.41, 5.74) is 2.32. The fraction of sp³-hybridized carbons (Fsp3) is 0.0833. The first-order chi connectivity index (χ1) is 15.2. The molecule has 1 aliphatic rings. The van der Waals surface area contributed by atoms with Crippen molar-refractivity contribution in [2.45, 2.75) is 13.8 Å². The third kappa shape index (κ3) is 3.81. The number of carbonyl (C=O) groups is 4. The van der Waals surface area contributed by atoms with Gasteiger partial charge in [0.15, 0.2) is 0 Å². The highest BCUT2D eigenvalue weighted by Gasteiger charge is 2.37. The predicted molar refractivity (Wildman–Crippen MR) is 116 cm³/mol. The highest BCUT2D eigenvalue weighted by molar-refractivity contribution is 6.39. The Balaban J connectivity index is 1.67. The summed E-state index contributed by atoms with van der Waals surface area (Å²) in [7, 11) is 0. The van der Waals surface area contributed by atoms with Crippen molar-refractivity contribution in [2.75, 3.05) is 4.90 Å². The number of hydrogen-bond acceptors (Lipinski definition) is 5. The zero-order valence-corrected chi connectivity index (χ0v) is 17.2. The number of amides is 4. The number of imide groups is 2. The second-order valence-electron chi connectivity index (χ2n) is 7.33. The van der Waals surface area contributed by atoms with Crippen molar-refractivity contribution in [3.05, 3.63) is 82.6 Å². The molecule has 2 N–H and O–H groups in total. The fourth-order valence-electron chi connectivity index (χ4n) is 3.32. The van der Waals surface area contributed by atoms with E-state index in [9.17, 15) is 24.3 Å². The van der Waals surface area contributed by atoms with E-state index in [0.29, 0.717) is 22.6 Å². The molecule has 160 valence electrons. The van der Waals surface area contributed by atoms with Gasteiger partial charge in [0.1, 0.15) is 17.1 Å². The summed E-state index contributed by atoms with van der Waals surface area (Å²) in [5.74, 6) is -2.08. The van der Waals surface area contributed by atoms with Crippen molar-refractivity contribution in [3.8, 4) is 11.3 Å².